The number of nitrogens with one attached hydrogen (secondary N) is 1. The number of nitrogens with zero attached hydrogens (tertiary/aromatic N) is 1. The molecular formula is C21H23ClN2O3. The van der Waals surface area contributed by atoms with Gasteiger partial charge in [-0.25, -0.2) is 0 Å². The molecule has 1 unspecified atom stereocenters. The summed E-state index contributed by atoms with van der Waals surface area (Å²) in [6.07, 6.45) is 0.215. The molecule has 0 aromatic heterocycles. The molecule has 2 aromatic carbocycles. The summed E-state index contributed by atoms with van der Waals surface area (Å²) in [7, 11) is 1.53. The summed E-state index contributed by atoms with van der Waals surface area (Å²) >= 11 is 6.11. The Morgan fingerprint density at radius 2 is 1.96 bits per heavy atom. The van der Waals surface area contributed by atoms with Gasteiger partial charge in [0.05, 0.1) is 18.7 Å². The Labute approximate surface area is 164 Å². The van der Waals surface area contributed by atoms with Crippen molar-refractivity contribution in [2.24, 2.45) is 5.92 Å². The fraction of sp³-hybridized carbons (Fsp3) is 0.333. The number of ether oxygens (including phenoxy) is 1. The van der Waals surface area contributed by atoms with Gasteiger partial charge < -0.3 is 15.0 Å². The normalized spacial score (nSPS) is 16.5. The zero-order chi connectivity index (χ0) is 19.6. The number of anilines is 1. The molecule has 5 nitrogen and oxygen atoms in total. The molecule has 1 aliphatic rings. The van der Waals surface area contributed by atoms with Crippen molar-refractivity contribution in [2.75, 3.05) is 19.0 Å². The van der Waals surface area contributed by atoms with E-state index in [9.17, 15) is 9.59 Å². The van der Waals surface area contributed by atoms with Gasteiger partial charge in [0.25, 0.3) is 0 Å². The van der Waals surface area contributed by atoms with Crippen LogP contribution in [0.1, 0.15) is 23.1 Å². The van der Waals surface area contributed by atoms with Crippen LogP contribution in [0.25, 0.3) is 0 Å². The number of hydrogen-bond acceptors (Lipinski definition) is 3. The number of rotatable bonds is 5. The molecule has 1 heterocycles. The Morgan fingerprint density at radius 1 is 1.26 bits per heavy atom. The SMILES string of the molecule is COc1cc(Cl)c(C)cc1NC(=O)C1CC(=O)N(Cc2ccc(C)cc2)C1. The highest BCUT2D eigenvalue weighted by Crippen LogP contribution is 2.32. The van der Waals surface area contributed by atoms with Crippen LogP contribution in [0.3, 0.4) is 0 Å². The quantitative estimate of drug-likeness (QED) is 0.846. The molecule has 0 spiro atoms. The third-order valence-corrected chi connectivity index (χ3v) is 5.23. The lowest BCUT2D eigenvalue weighted by atomic mass is 10.1. The lowest BCUT2D eigenvalue weighted by Gasteiger charge is -2.17. The third kappa shape index (κ3) is 4.42. The smallest absolute Gasteiger partial charge is 0.229 e. The van der Waals surface area contributed by atoms with Gasteiger partial charge in [0, 0.05) is 30.6 Å². The molecule has 27 heavy (non-hydrogen) atoms. The minimum absolute atomic E-state index is 0.00465. The van der Waals surface area contributed by atoms with Gasteiger partial charge in [0.15, 0.2) is 0 Å². The van der Waals surface area contributed by atoms with Crippen molar-refractivity contribution in [3.05, 3.63) is 58.1 Å². The second-order valence-corrected chi connectivity index (χ2v) is 7.36. The van der Waals surface area contributed by atoms with E-state index in [-0.39, 0.29) is 24.2 Å². The lowest BCUT2D eigenvalue weighted by Crippen LogP contribution is -2.28. The zero-order valence-electron chi connectivity index (χ0n) is 15.7. The molecule has 1 fully saturated rings. The van der Waals surface area contributed by atoms with Crippen molar-refractivity contribution in [2.45, 2.75) is 26.8 Å². The van der Waals surface area contributed by atoms with Gasteiger partial charge in [-0.1, -0.05) is 41.4 Å². The highest BCUT2D eigenvalue weighted by molar-refractivity contribution is 6.31. The molecule has 1 N–H and O–H groups in total. The standard InChI is InChI=1S/C21H23ClN2O3/c1-13-4-6-15(7-5-13)11-24-12-16(9-20(24)25)21(26)23-18-8-14(2)17(22)10-19(18)27-3/h4-8,10,16H,9,11-12H2,1-3H3,(H,23,26). The number of likely N-dealkylation sites (tertiary alicyclic amines) is 1. The van der Waals surface area contributed by atoms with Crippen molar-refractivity contribution >= 4 is 29.1 Å². The van der Waals surface area contributed by atoms with Gasteiger partial charge in [-0.15, -0.1) is 0 Å². The number of carbonyl (C=O) groups is 2. The maximum absolute atomic E-state index is 12.7. The maximum atomic E-state index is 12.7. The predicted octanol–water partition coefficient (Wildman–Crippen LogP) is 3.95. The van der Waals surface area contributed by atoms with E-state index in [2.05, 4.69) is 5.32 Å². The number of benzene rings is 2. The Balaban J connectivity index is 1.67. The van der Waals surface area contributed by atoms with E-state index in [1.807, 2.05) is 38.1 Å². The second kappa shape index (κ2) is 8.01. The minimum atomic E-state index is -0.386. The monoisotopic (exact) mass is 386 g/mol. The molecule has 1 saturated heterocycles. The van der Waals surface area contributed by atoms with Crippen LogP contribution in [0.15, 0.2) is 36.4 Å². The van der Waals surface area contributed by atoms with Crippen molar-refractivity contribution in [3.8, 4) is 5.75 Å². The number of methoxy groups -OCH3 is 1. The highest BCUT2D eigenvalue weighted by atomic mass is 35.5. The van der Waals surface area contributed by atoms with E-state index in [1.54, 1.807) is 17.0 Å². The summed E-state index contributed by atoms with van der Waals surface area (Å²) in [6, 6.07) is 11.5. The van der Waals surface area contributed by atoms with E-state index in [0.717, 1.165) is 11.1 Å². The first-order chi connectivity index (χ1) is 12.9. The van der Waals surface area contributed by atoms with Gasteiger partial charge in [-0.05, 0) is 31.0 Å². The lowest BCUT2D eigenvalue weighted by molar-refractivity contribution is -0.128. The molecule has 1 aliphatic heterocycles. The Bertz CT molecular complexity index is 864. The molecule has 6 heteroatoms. The van der Waals surface area contributed by atoms with Gasteiger partial charge >= 0.3 is 0 Å². The van der Waals surface area contributed by atoms with E-state index in [0.29, 0.717) is 29.5 Å². The topological polar surface area (TPSA) is 58.6 Å². The number of amides is 2. The van der Waals surface area contributed by atoms with E-state index in [4.69, 9.17) is 16.3 Å². The summed E-state index contributed by atoms with van der Waals surface area (Å²) in [5.74, 6) is -0.0758. The molecular weight excluding hydrogens is 364 g/mol. The van der Waals surface area contributed by atoms with Crippen LogP contribution in [-0.4, -0.2) is 30.4 Å². The van der Waals surface area contributed by atoms with E-state index >= 15 is 0 Å². The van der Waals surface area contributed by atoms with Crippen molar-refractivity contribution < 1.29 is 14.3 Å². The van der Waals surface area contributed by atoms with Crippen LogP contribution in [0.2, 0.25) is 5.02 Å². The average molecular weight is 387 g/mol. The van der Waals surface area contributed by atoms with Crippen molar-refractivity contribution in [3.63, 3.8) is 0 Å². The van der Waals surface area contributed by atoms with Crippen LogP contribution < -0.4 is 10.1 Å². The third-order valence-electron chi connectivity index (χ3n) is 4.82. The molecule has 2 aromatic rings. The largest absolute Gasteiger partial charge is 0.495 e. The van der Waals surface area contributed by atoms with Gasteiger partial charge in [-0.2, -0.15) is 0 Å². The summed E-state index contributed by atoms with van der Waals surface area (Å²) in [4.78, 5) is 26.8. The van der Waals surface area contributed by atoms with Gasteiger partial charge in [-0.3, -0.25) is 9.59 Å². The zero-order valence-corrected chi connectivity index (χ0v) is 16.5. The molecule has 2 amide bonds. The summed E-state index contributed by atoms with van der Waals surface area (Å²) in [5, 5.41) is 3.46. The predicted molar refractivity (Wildman–Crippen MR) is 106 cm³/mol. The van der Waals surface area contributed by atoms with Crippen molar-refractivity contribution in [1.82, 2.24) is 4.90 Å². The van der Waals surface area contributed by atoms with Crippen LogP contribution in [-0.2, 0) is 16.1 Å². The van der Waals surface area contributed by atoms with Crippen LogP contribution >= 0.6 is 11.6 Å². The first-order valence-electron chi connectivity index (χ1n) is 8.85. The number of carbonyl (C=O) groups excluding carboxylic acids is 2. The average Bonchev–Trinajstić information content (AvgIpc) is 3.00. The van der Waals surface area contributed by atoms with Gasteiger partial charge in [0.2, 0.25) is 11.8 Å². The Hall–Kier alpha value is -2.53. The van der Waals surface area contributed by atoms with Gasteiger partial charge in [0.1, 0.15) is 5.75 Å². The molecule has 3 rings (SSSR count). The molecule has 0 radical (unpaired) electrons. The van der Waals surface area contributed by atoms with Crippen LogP contribution in [0.5, 0.6) is 5.75 Å². The molecule has 142 valence electrons. The fourth-order valence-electron chi connectivity index (χ4n) is 3.18. The second-order valence-electron chi connectivity index (χ2n) is 6.95. The summed E-state index contributed by atoms with van der Waals surface area (Å²) in [6.45, 7) is 4.82. The molecule has 0 aliphatic carbocycles. The molecule has 1 atom stereocenters. The Kier molecular flexibility index (Phi) is 5.71. The molecule has 0 saturated carbocycles. The number of halogens is 1. The number of hydrogen-bond donors (Lipinski definition) is 1. The van der Waals surface area contributed by atoms with Crippen molar-refractivity contribution in [1.29, 1.82) is 0 Å². The van der Waals surface area contributed by atoms with Crippen LogP contribution in [0, 0.1) is 19.8 Å². The first-order valence-corrected chi connectivity index (χ1v) is 9.23. The summed E-state index contributed by atoms with van der Waals surface area (Å²) in [5.41, 5.74) is 3.64. The minimum Gasteiger partial charge on any atom is -0.495 e. The first kappa shape index (κ1) is 19.2. The van der Waals surface area contributed by atoms with E-state index in [1.165, 1.54) is 12.7 Å². The fourth-order valence-corrected chi connectivity index (χ4v) is 3.33. The molecule has 0 bridgehead atoms. The Morgan fingerprint density at radius 3 is 2.63 bits per heavy atom. The number of aryl methyl sites for hydroxylation is 2. The summed E-state index contributed by atoms with van der Waals surface area (Å²) < 4.78 is 5.30. The maximum Gasteiger partial charge on any atom is 0.229 e. The van der Waals surface area contributed by atoms with E-state index < -0.39 is 0 Å². The van der Waals surface area contributed by atoms with Crippen LogP contribution in [0.4, 0.5) is 5.69 Å². The highest BCUT2D eigenvalue weighted by Gasteiger charge is 2.34.